The molecule has 0 aliphatic carbocycles. The van der Waals surface area contributed by atoms with Crippen molar-refractivity contribution in [2.45, 2.75) is 26.3 Å². The molecule has 3 N–H and O–H groups in total. The normalized spacial score (nSPS) is 13.0. The first kappa shape index (κ1) is 15.9. The zero-order valence-electron chi connectivity index (χ0n) is 13.5. The summed E-state index contributed by atoms with van der Waals surface area (Å²) in [6.45, 7) is 6.03. The van der Waals surface area contributed by atoms with E-state index in [-0.39, 0.29) is 0 Å². The Balaban J connectivity index is 2.31. The van der Waals surface area contributed by atoms with Crippen molar-refractivity contribution in [1.82, 2.24) is 9.88 Å². The van der Waals surface area contributed by atoms with Gasteiger partial charge in [-0.2, -0.15) is 0 Å². The summed E-state index contributed by atoms with van der Waals surface area (Å²) < 4.78 is 7.55. The van der Waals surface area contributed by atoms with E-state index in [2.05, 4.69) is 49.1 Å². The number of nitrogens with one attached hydrogen (secondary N) is 1. The zero-order chi connectivity index (χ0) is 15.4. The smallest absolute Gasteiger partial charge is 0.119 e. The summed E-state index contributed by atoms with van der Waals surface area (Å²) in [5.74, 6) is 1.48. The predicted octanol–water partition coefficient (Wildman–Crippen LogP) is 2.30. The molecule has 1 unspecified atom stereocenters. The Kier molecular flexibility index (Phi) is 5.26. The second-order valence-electron chi connectivity index (χ2n) is 5.95. The Morgan fingerprint density at radius 3 is 2.71 bits per heavy atom. The van der Waals surface area contributed by atoms with E-state index in [9.17, 15) is 0 Å². The molecular formula is C17H27N3O. The fourth-order valence-corrected chi connectivity index (χ4v) is 2.79. The van der Waals surface area contributed by atoms with Crippen LogP contribution in [0.15, 0.2) is 24.4 Å². The molecular weight excluding hydrogens is 262 g/mol. The lowest BCUT2D eigenvalue weighted by Crippen LogP contribution is -2.38. The number of aromatic nitrogens is 1. The molecule has 0 amide bonds. The monoisotopic (exact) mass is 289 g/mol. The van der Waals surface area contributed by atoms with Crippen LogP contribution in [0.3, 0.4) is 0 Å². The molecule has 1 aromatic heterocycles. The van der Waals surface area contributed by atoms with Crippen molar-refractivity contribution < 1.29 is 4.74 Å². The predicted molar refractivity (Wildman–Crippen MR) is 88.9 cm³/mol. The molecule has 0 radical (unpaired) electrons. The van der Waals surface area contributed by atoms with E-state index in [1.54, 1.807) is 7.11 Å². The molecule has 1 aromatic carbocycles. The first-order chi connectivity index (χ1) is 10.1. The fourth-order valence-electron chi connectivity index (χ4n) is 2.79. The summed E-state index contributed by atoms with van der Waals surface area (Å²) in [6.07, 6.45) is 3.23. The average molecular weight is 289 g/mol. The van der Waals surface area contributed by atoms with Crippen LogP contribution < -0.4 is 15.8 Å². The maximum Gasteiger partial charge on any atom is 0.119 e. The molecule has 1 atom stereocenters. The zero-order valence-corrected chi connectivity index (χ0v) is 13.5. The van der Waals surface area contributed by atoms with Crippen LogP contribution in [-0.2, 0) is 13.5 Å². The highest BCUT2D eigenvalue weighted by Gasteiger charge is 2.16. The van der Waals surface area contributed by atoms with Crippen LogP contribution in [0.1, 0.15) is 19.4 Å². The number of rotatable bonds is 7. The van der Waals surface area contributed by atoms with Crippen molar-refractivity contribution in [2.75, 3.05) is 20.2 Å². The van der Waals surface area contributed by atoms with E-state index in [1.165, 1.54) is 16.5 Å². The summed E-state index contributed by atoms with van der Waals surface area (Å²) in [4.78, 5) is 0. The van der Waals surface area contributed by atoms with Gasteiger partial charge in [0.1, 0.15) is 5.75 Å². The van der Waals surface area contributed by atoms with Crippen molar-refractivity contribution in [3.63, 3.8) is 0 Å². The summed E-state index contributed by atoms with van der Waals surface area (Å²) in [5, 5.41) is 4.83. The number of hydrogen-bond acceptors (Lipinski definition) is 3. The van der Waals surface area contributed by atoms with Gasteiger partial charge in [-0.15, -0.1) is 0 Å². The van der Waals surface area contributed by atoms with Crippen molar-refractivity contribution in [1.29, 1.82) is 0 Å². The summed E-state index contributed by atoms with van der Waals surface area (Å²) in [7, 11) is 3.81. The second kappa shape index (κ2) is 6.96. The van der Waals surface area contributed by atoms with Crippen LogP contribution in [0, 0.1) is 5.92 Å². The van der Waals surface area contributed by atoms with Gasteiger partial charge in [0.05, 0.1) is 7.11 Å². The number of nitrogens with two attached hydrogens (primary N) is 1. The van der Waals surface area contributed by atoms with Crippen molar-refractivity contribution in [3.8, 4) is 5.75 Å². The molecule has 4 heteroatoms. The van der Waals surface area contributed by atoms with Crippen molar-refractivity contribution in [2.24, 2.45) is 18.7 Å². The molecule has 116 valence electrons. The Morgan fingerprint density at radius 1 is 1.33 bits per heavy atom. The lowest BCUT2D eigenvalue weighted by Gasteiger charge is -2.22. The highest BCUT2D eigenvalue weighted by molar-refractivity contribution is 5.85. The first-order valence-corrected chi connectivity index (χ1v) is 7.62. The third-order valence-electron chi connectivity index (χ3n) is 4.07. The standard InChI is InChI=1S/C17H27N3O/c1-12(2)16(19-8-7-18)9-13-11-20(3)17-6-5-14(21-4)10-15(13)17/h5-6,10-12,16,19H,7-9,18H2,1-4H3. The maximum atomic E-state index is 5.62. The Morgan fingerprint density at radius 2 is 2.10 bits per heavy atom. The largest absolute Gasteiger partial charge is 0.497 e. The molecule has 21 heavy (non-hydrogen) atoms. The lowest BCUT2D eigenvalue weighted by molar-refractivity contribution is 0.401. The third kappa shape index (κ3) is 3.57. The van der Waals surface area contributed by atoms with Gasteiger partial charge >= 0.3 is 0 Å². The molecule has 0 aliphatic rings. The average Bonchev–Trinajstić information content (AvgIpc) is 2.78. The number of aryl methyl sites for hydroxylation is 1. The van der Waals surface area contributed by atoms with Crippen LogP contribution >= 0.6 is 0 Å². The molecule has 0 saturated carbocycles. The van der Waals surface area contributed by atoms with Gasteiger partial charge in [-0.1, -0.05) is 13.8 Å². The van der Waals surface area contributed by atoms with Crippen LogP contribution in [0.5, 0.6) is 5.75 Å². The molecule has 0 saturated heterocycles. The van der Waals surface area contributed by atoms with E-state index in [0.29, 0.717) is 18.5 Å². The van der Waals surface area contributed by atoms with Gasteiger partial charge in [0, 0.05) is 43.3 Å². The van der Waals surface area contributed by atoms with Gasteiger partial charge in [0.25, 0.3) is 0 Å². The van der Waals surface area contributed by atoms with Crippen LogP contribution in [0.2, 0.25) is 0 Å². The van der Waals surface area contributed by atoms with Crippen LogP contribution in [0.25, 0.3) is 10.9 Å². The van der Waals surface area contributed by atoms with Gasteiger partial charge in [-0.25, -0.2) is 0 Å². The Bertz CT molecular complexity index is 589. The van der Waals surface area contributed by atoms with E-state index in [4.69, 9.17) is 10.5 Å². The molecule has 0 fully saturated rings. The fraction of sp³-hybridized carbons (Fsp3) is 0.529. The Hall–Kier alpha value is -1.52. The van der Waals surface area contributed by atoms with Gasteiger partial charge < -0.3 is 20.4 Å². The summed E-state index contributed by atoms with van der Waals surface area (Å²) >= 11 is 0. The topological polar surface area (TPSA) is 52.2 Å². The molecule has 1 heterocycles. The molecule has 2 rings (SSSR count). The van der Waals surface area contributed by atoms with Gasteiger partial charge in [-0.05, 0) is 36.1 Å². The molecule has 0 aliphatic heterocycles. The molecule has 4 nitrogen and oxygen atoms in total. The number of benzene rings is 1. The lowest BCUT2D eigenvalue weighted by atomic mass is 9.96. The quantitative estimate of drug-likeness (QED) is 0.822. The minimum atomic E-state index is 0.436. The van der Waals surface area contributed by atoms with Crippen LogP contribution in [0.4, 0.5) is 0 Å². The minimum Gasteiger partial charge on any atom is -0.497 e. The summed E-state index contributed by atoms with van der Waals surface area (Å²) in [6, 6.07) is 6.70. The number of nitrogens with zero attached hydrogens (tertiary/aromatic N) is 1. The number of ether oxygens (including phenoxy) is 1. The van der Waals surface area contributed by atoms with Crippen LogP contribution in [-0.4, -0.2) is 30.8 Å². The van der Waals surface area contributed by atoms with Gasteiger partial charge in [-0.3, -0.25) is 0 Å². The van der Waals surface area contributed by atoms with E-state index in [0.717, 1.165) is 18.7 Å². The van der Waals surface area contributed by atoms with Gasteiger partial charge in [0.15, 0.2) is 0 Å². The number of fused-ring (bicyclic) bond motifs is 1. The SMILES string of the molecule is COc1ccc2c(c1)c(CC(NCCN)C(C)C)cn2C. The van der Waals surface area contributed by atoms with Gasteiger partial charge in [0.2, 0.25) is 0 Å². The third-order valence-corrected chi connectivity index (χ3v) is 4.07. The van der Waals surface area contributed by atoms with Crippen molar-refractivity contribution >= 4 is 10.9 Å². The van der Waals surface area contributed by atoms with Crippen molar-refractivity contribution in [3.05, 3.63) is 30.0 Å². The summed E-state index contributed by atoms with van der Waals surface area (Å²) in [5.41, 5.74) is 8.22. The highest BCUT2D eigenvalue weighted by atomic mass is 16.5. The second-order valence-corrected chi connectivity index (χ2v) is 5.95. The first-order valence-electron chi connectivity index (χ1n) is 7.62. The molecule has 0 bridgehead atoms. The minimum absolute atomic E-state index is 0.436. The van der Waals surface area contributed by atoms with E-state index < -0.39 is 0 Å². The maximum absolute atomic E-state index is 5.62. The number of methoxy groups -OCH3 is 1. The van der Waals surface area contributed by atoms with E-state index >= 15 is 0 Å². The Labute approximate surface area is 127 Å². The van der Waals surface area contributed by atoms with E-state index in [1.807, 2.05) is 6.07 Å². The molecule has 0 spiro atoms. The number of hydrogen-bond donors (Lipinski definition) is 2. The highest BCUT2D eigenvalue weighted by Crippen LogP contribution is 2.27. The molecule has 2 aromatic rings.